The first kappa shape index (κ1) is 19.6. The van der Waals surface area contributed by atoms with Crippen LogP contribution in [0.4, 0.5) is 0 Å². The molecule has 1 unspecified atom stereocenters. The van der Waals surface area contributed by atoms with Crippen molar-refractivity contribution in [3.05, 3.63) is 101 Å². The van der Waals surface area contributed by atoms with Crippen LogP contribution in [0.1, 0.15) is 56.0 Å². The van der Waals surface area contributed by atoms with Crippen molar-refractivity contribution in [3.8, 4) is 5.75 Å². The van der Waals surface area contributed by atoms with E-state index < -0.39 is 0 Å². The summed E-state index contributed by atoms with van der Waals surface area (Å²) in [4.78, 5) is 11.2. The van der Waals surface area contributed by atoms with Crippen molar-refractivity contribution >= 4 is 5.97 Å². The molecule has 28 heavy (non-hydrogen) atoms. The smallest absolute Gasteiger partial charge is 0.308 e. The molecule has 2 aromatic carbocycles. The van der Waals surface area contributed by atoms with Crippen LogP contribution in [0.25, 0.3) is 0 Å². The van der Waals surface area contributed by atoms with E-state index >= 15 is 0 Å². The second kappa shape index (κ2) is 7.85. The summed E-state index contributed by atoms with van der Waals surface area (Å²) in [5.41, 5.74) is 3.93. The van der Waals surface area contributed by atoms with Crippen LogP contribution in [0.15, 0.2) is 72.9 Å². The van der Waals surface area contributed by atoms with Gasteiger partial charge in [-0.15, -0.1) is 0 Å². The van der Waals surface area contributed by atoms with E-state index in [1.165, 1.54) is 18.7 Å². The van der Waals surface area contributed by atoms with Gasteiger partial charge in [0.05, 0.1) is 5.92 Å². The second-order valence-electron chi connectivity index (χ2n) is 7.92. The summed E-state index contributed by atoms with van der Waals surface area (Å²) in [7, 11) is 0. The topological polar surface area (TPSA) is 53.2 Å². The fourth-order valence-corrected chi connectivity index (χ4v) is 3.27. The minimum atomic E-state index is -0.359. The largest absolute Gasteiger partial charge is 0.618 e. The molecule has 0 spiro atoms. The van der Waals surface area contributed by atoms with Gasteiger partial charge in [0.1, 0.15) is 5.75 Å². The molecule has 1 aromatic heterocycles. The molecule has 0 aliphatic carbocycles. The zero-order chi connectivity index (χ0) is 20.3. The first-order valence-electron chi connectivity index (χ1n) is 9.32. The molecule has 4 nitrogen and oxygen atoms in total. The summed E-state index contributed by atoms with van der Waals surface area (Å²) in [6.07, 6.45) is 1.51. The number of carbonyl (C=O) groups excluding carboxylic acids is 1. The molecule has 0 bridgehead atoms. The summed E-state index contributed by atoms with van der Waals surface area (Å²) in [5, 5.41) is 12.5. The van der Waals surface area contributed by atoms with Crippen LogP contribution in [0.2, 0.25) is 0 Å². The number of hydrogen-bond donors (Lipinski definition) is 0. The van der Waals surface area contributed by atoms with Crippen LogP contribution < -0.4 is 9.47 Å². The van der Waals surface area contributed by atoms with Crippen molar-refractivity contribution in [2.24, 2.45) is 0 Å². The fraction of sp³-hybridized carbons (Fsp3) is 0.250. The van der Waals surface area contributed by atoms with Crippen molar-refractivity contribution in [2.45, 2.75) is 39.0 Å². The molecule has 0 aliphatic heterocycles. The third kappa shape index (κ3) is 4.39. The molecule has 4 heteroatoms. The van der Waals surface area contributed by atoms with Crippen molar-refractivity contribution in [2.75, 3.05) is 0 Å². The summed E-state index contributed by atoms with van der Waals surface area (Å²) in [5.74, 6) is -0.0947. The summed E-state index contributed by atoms with van der Waals surface area (Å²) >= 11 is 0. The van der Waals surface area contributed by atoms with Gasteiger partial charge in [0.25, 0.3) is 0 Å². The van der Waals surface area contributed by atoms with Crippen molar-refractivity contribution in [3.63, 3.8) is 0 Å². The number of nitrogens with zero attached hydrogens (tertiary/aromatic N) is 1. The Morgan fingerprint density at radius 2 is 1.50 bits per heavy atom. The molecule has 0 amide bonds. The Bertz CT molecular complexity index is 954. The summed E-state index contributed by atoms with van der Waals surface area (Å²) in [6, 6.07) is 21.1. The van der Waals surface area contributed by atoms with Gasteiger partial charge in [-0.1, -0.05) is 57.2 Å². The third-order valence-corrected chi connectivity index (χ3v) is 4.73. The Balaban J connectivity index is 2.06. The van der Waals surface area contributed by atoms with Crippen LogP contribution >= 0.6 is 0 Å². The number of carbonyl (C=O) groups is 1. The lowest BCUT2D eigenvalue weighted by Gasteiger charge is -2.21. The maximum Gasteiger partial charge on any atom is 0.308 e. The first-order chi connectivity index (χ1) is 13.3. The molecule has 3 aromatic rings. The van der Waals surface area contributed by atoms with Crippen molar-refractivity contribution < 1.29 is 14.3 Å². The molecular weight excluding hydrogens is 350 g/mol. The van der Waals surface area contributed by atoms with E-state index in [0.29, 0.717) is 11.4 Å². The highest BCUT2D eigenvalue weighted by Gasteiger charge is 2.24. The van der Waals surface area contributed by atoms with Crippen LogP contribution in [0.5, 0.6) is 5.75 Å². The van der Waals surface area contributed by atoms with Gasteiger partial charge < -0.3 is 9.94 Å². The van der Waals surface area contributed by atoms with Gasteiger partial charge in [-0.25, -0.2) is 0 Å². The van der Waals surface area contributed by atoms with Gasteiger partial charge in [0, 0.05) is 19.1 Å². The first-order valence-corrected chi connectivity index (χ1v) is 9.32. The Morgan fingerprint density at radius 3 is 2.00 bits per heavy atom. The molecule has 1 atom stereocenters. The van der Waals surface area contributed by atoms with E-state index in [1.807, 2.05) is 24.3 Å². The predicted molar refractivity (Wildman–Crippen MR) is 109 cm³/mol. The second-order valence-corrected chi connectivity index (χ2v) is 7.92. The molecule has 0 fully saturated rings. The van der Waals surface area contributed by atoms with E-state index in [1.54, 1.807) is 18.2 Å². The highest BCUT2D eigenvalue weighted by molar-refractivity contribution is 5.69. The Hall–Kier alpha value is -3.14. The maximum atomic E-state index is 12.5. The molecular formula is C24H25NO3. The van der Waals surface area contributed by atoms with Crippen LogP contribution in [0, 0.1) is 5.21 Å². The normalized spacial score (nSPS) is 12.4. The highest BCUT2D eigenvalue weighted by atomic mass is 16.5. The van der Waals surface area contributed by atoms with E-state index in [2.05, 4.69) is 45.0 Å². The van der Waals surface area contributed by atoms with E-state index in [4.69, 9.17) is 4.74 Å². The predicted octanol–water partition coefficient (Wildman–Crippen LogP) is 4.72. The monoisotopic (exact) mass is 375 g/mol. The third-order valence-electron chi connectivity index (χ3n) is 4.73. The number of rotatable bonds is 4. The molecule has 1 heterocycles. The standard InChI is InChI=1S/C24H25NO3/c1-17(26)28-21-14-10-19(11-15-21)23(22-7-5-6-16-25(22)27)18-8-12-20(13-9-18)24(2,3)4/h5-16,23H,1-4H3. The van der Waals surface area contributed by atoms with Crippen LogP contribution in [0.3, 0.4) is 0 Å². The number of aromatic nitrogens is 1. The lowest BCUT2D eigenvalue weighted by Crippen LogP contribution is -2.33. The quantitative estimate of drug-likeness (QED) is 0.287. The molecule has 0 radical (unpaired) electrons. The molecule has 0 saturated heterocycles. The van der Waals surface area contributed by atoms with Gasteiger partial charge in [0.2, 0.25) is 5.69 Å². The van der Waals surface area contributed by atoms with E-state index in [-0.39, 0.29) is 17.3 Å². The molecule has 0 saturated carbocycles. The van der Waals surface area contributed by atoms with Gasteiger partial charge in [-0.05, 0) is 40.3 Å². The number of hydrogen-bond acceptors (Lipinski definition) is 3. The Labute approximate surface area is 166 Å². The molecule has 3 rings (SSSR count). The van der Waals surface area contributed by atoms with Crippen molar-refractivity contribution in [1.82, 2.24) is 0 Å². The number of esters is 1. The van der Waals surface area contributed by atoms with Crippen molar-refractivity contribution in [1.29, 1.82) is 0 Å². The highest BCUT2D eigenvalue weighted by Crippen LogP contribution is 2.32. The van der Waals surface area contributed by atoms with Gasteiger partial charge in [-0.2, -0.15) is 4.73 Å². The lowest BCUT2D eigenvalue weighted by molar-refractivity contribution is -0.614. The molecule has 0 N–H and O–H groups in total. The summed E-state index contributed by atoms with van der Waals surface area (Å²) < 4.78 is 6.04. The Kier molecular flexibility index (Phi) is 5.50. The van der Waals surface area contributed by atoms with Gasteiger partial charge in [-0.3, -0.25) is 4.79 Å². The zero-order valence-electron chi connectivity index (χ0n) is 16.7. The van der Waals surface area contributed by atoms with Crippen LogP contribution in [-0.2, 0) is 10.2 Å². The molecule has 144 valence electrons. The van der Waals surface area contributed by atoms with Crippen LogP contribution in [-0.4, -0.2) is 5.97 Å². The van der Waals surface area contributed by atoms with Gasteiger partial charge >= 0.3 is 5.97 Å². The maximum absolute atomic E-state index is 12.5. The summed E-state index contributed by atoms with van der Waals surface area (Å²) in [6.45, 7) is 7.90. The average molecular weight is 375 g/mol. The van der Waals surface area contributed by atoms with E-state index in [9.17, 15) is 10.0 Å². The number of pyridine rings is 1. The number of ether oxygens (including phenoxy) is 1. The zero-order valence-corrected chi connectivity index (χ0v) is 16.7. The Morgan fingerprint density at radius 1 is 0.929 bits per heavy atom. The minimum Gasteiger partial charge on any atom is -0.618 e. The molecule has 0 aliphatic rings. The minimum absolute atomic E-state index is 0.0604. The average Bonchev–Trinajstić information content (AvgIpc) is 2.64. The SMILES string of the molecule is CC(=O)Oc1ccc(C(c2ccc(C(C)(C)C)cc2)c2cccc[n+]2[O-])cc1. The number of benzene rings is 2. The lowest BCUT2D eigenvalue weighted by atomic mass is 9.83. The fourth-order valence-electron chi connectivity index (χ4n) is 3.27. The van der Waals surface area contributed by atoms with Gasteiger partial charge in [0.15, 0.2) is 6.20 Å². The van der Waals surface area contributed by atoms with E-state index in [0.717, 1.165) is 15.9 Å².